The van der Waals surface area contributed by atoms with Crippen LogP contribution in [0.1, 0.15) is 34.8 Å². The van der Waals surface area contributed by atoms with Gasteiger partial charge in [-0.15, -0.1) is 0 Å². The monoisotopic (exact) mass is 349 g/mol. The van der Waals surface area contributed by atoms with E-state index in [2.05, 4.69) is 4.72 Å². The quantitative estimate of drug-likeness (QED) is 0.549. The summed E-state index contributed by atoms with van der Waals surface area (Å²) in [5.74, 6) is -0.714. The minimum atomic E-state index is -3.81. The SMILES string of the molecule is CCC(=O)c1cc(S(=O)(=O)NCc2ccc(O)c(O)c2)ccc1C. The van der Waals surface area contributed by atoms with Crippen molar-refractivity contribution in [1.29, 1.82) is 0 Å². The van der Waals surface area contributed by atoms with E-state index in [9.17, 15) is 23.4 Å². The first-order chi connectivity index (χ1) is 11.2. The highest BCUT2D eigenvalue weighted by Gasteiger charge is 2.17. The van der Waals surface area contributed by atoms with Gasteiger partial charge in [0.25, 0.3) is 0 Å². The molecule has 0 atom stereocenters. The van der Waals surface area contributed by atoms with Crippen molar-refractivity contribution in [3.05, 3.63) is 53.1 Å². The first-order valence-electron chi connectivity index (χ1n) is 7.39. The number of benzene rings is 2. The molecule has 128 valence electrons. The van der Waals surface area contributed by atoms with Gasteiger partial charge in [-0.2, -0.15) is 0 Å². The van der Waals surface area contributed by atoms with E-state index in [-0.39, 0.29) is 28.7 Å². The maximum absolute atomic E-state index is 12.4. The zero-order valence-electron chi connectivity index (χ0n) is 13.4. The van der Waals surface area contributed by atoms with Gasteiger partial charge in [-0.1, -0.05) is 19.1 Å². The van der Waals surface area contributed by atoms with Crippen LogP contribution in [0.2, 0.25) is 0 Å². The Bertz CT molecular complexity index is 875. The van der Waals surface area contributed by atoms with E-state index in [4.69, 9.17) is 0 Å². The summed E-state index contributed by atoms with van der Waals surface area (Å²) in [7, 11) is -3.81. The number of phenols is 2. The third-order valence-electron chi connectivity index (χ3n) is 3.65. The van der Waals surface area contributed by atoms with Crippen molar-refractivity contribution < 1.29 is 23.4 Å². The Morgan fingerprint density at radius 2 is 1.79 bits per heavy atom. The van der Waals surface area contributed by atoms with Crippen molar-refractivity contribution in [3.8, 4) is 11.5 Å². The molecule has 0 spiro atoms. The van der Waals surface area contributed by atoms with Gasteiger partial charge in [-0.25, -0.2) is 13.1 Å². The summed E-state index contributed by atoms with van der Waals surface area (Å²) in [5.41, 5.74) is 1.61. The van der Waals surface area contributed by atoms with Gasteiger partial charge >= 0.3 is 0 Å². The fourth-order valence-electron chi connectivity index (χ4n) is 2.20. The molecule has 24 heavy (non-hydrogen) atoms. The largest absolute Gasteiger partial charge is 0.504 e. The van der Waals surface area contributed by atoms with E-state index in [0.29, 0.717) is 17.5 Å². The Hall–Kier alpha value is -2.38. The molecule has 2 rings (SSSR count). The van der Waals surface area contributed by atoms with E-state index in [1.54, 1.807) is 19.9 Å². The molecule has 0 radical (unpaired) electrons. The van der Waals surface area contributed by atoms with Gasteiger partial charge < -0.3 is 10.2 Å². The first kappa shape index (κ1) is 18.0. The minimum absolute atomic E-state index is 0.00732. The molecule has 0 saturated heterocycles. The first-order valence-corrected chi connectivity index (χ1v) is 8.87. The summed E-state index contributed by atoms with van der Waals surface area (Å²) in [6.45, 7) is 3.42. The van der Waals surface area contributed by atoms with Crippen LogP contribution in [-0.4, -0.2) is 24.4 Å². The maximum atomic E-state index is 12.4. The molecular weight excluding hydrogens is 330 g/mol. The highest BCUT2D eigenvalue weighted by atomic mass is 32.2. The van der Waals surface area contributed by atoms with Gasteiger partial charge in [-0.05, 0) is 42.3 Å². The molecule has 0 aliphatic rings. The van der Waals surface area contributed by atoms with Crippen LogP contribution in [0.15, 0.2) is 41.3 Å². The maximum Gasteiger partial charge on any atom is 0.240 e. The van der Waals surface area contributed by atoms with Crippen molar-refractivity contribution in [2.24, 2.45) is 0 Å². The van der Waals surface area contributed by atoms with Crippen molar-refractivity contribution in [1.82, 2.24) is 4.72 Å². The average Bonchev–Trinajstić information content (AvgIpc) is 2.55. The number of rotatable bonds is 6. The zero-order chi connectivity index (χ0) is 17.9. The Morgan fingerprint density at radius 1 is 1.08 bits per heavy atom. The fraction of sp³-hybridized carbons (Fsp3) is 0.235. The number of sulfonamides is 1. The Balaban J connectivity index is 2.24. The minimum Gasteiger partial charge on any atom is -0.504 e. The molecule has 0 unspecified atom stereocenters. The standard InChI is InChI=1S/C17H19NO5S/c1-3-15(19)14-9-13(6-4-11(14)2)24(22,23)18-10-12-5-7-16(20)17(21)8-12/h4-9,18,20-21H,3,10H2,1-2H3. The van der Waals surface area contributed by atoms with Gasteiger partial charge in [-0.3, -0.25) is 4.79 Å². The molecule has 0 aromatic heterocycles. The number of aryl methyl sites for hydroxylation is 1. The van der Waals surface area contributed by atoms with Crippen LogP contribution in [0, 0.1) is 6.92 Å². The molecule has 2 aromatic rings. The van der Waals surface area contributed by atoms with Crippen LogP contribution in [-0.2, 0) is 16.6 Å². The molecule has 0 aliphatic carbocycles. The Kier molecular flexibility index (Phi) is 5.26. The molecule has 0 fully saturated rings. The Labute approximate surface area is 140 Å². The molecule has 0 saturated carbocycles. The number of ketones is 1. The summed E-state index contributed by atoms with van der Waals surface area (Å²) in [5, 5.41) is 18.7. The lowest BCUT2D eigenvalue weighted by Gasteiger charge is -2.10. The molecule has 3 N–H and O–H groups in total. The lowest BCUT2D eigenvalue weighted by atomic mass is 10.0. The zero-order valence-corrected chi connectivity index (χ0v) is 14.2. The topological polar surface area (TPSA) is 104 Å². The molecule has 2 aromatic carbocycles. The predicted octanol–water partition coefficient (Wildman–Crippen LogP) is 2.48. The summed E-state index contributed by atoms with van der Waals surface area (Å²) in [6, 6.07) is 8.47. The third-order valence-corrected chi connectivity index (χ3v) is 5.05. The van der Waals surface area contributed by atoms with Crippen molar-refractivity contribution in [2.45, 2.75) is 31.7 Å². The fourth-order valence-corrected chi connectivity index (χ4v) is 3.24. The number of Topliss-reactive ketones (excluding diaryl/α,β-unsaturated/α-hetero) is 1. The number of carbonyl (C=O) groups is 1. The van der Waals surface area contributed by atoms with Crippen LogP contribution in [0.5, 0.6) is 11.5 Å². The lowest BCUT2D eigenvalue weighted by Crippen LogP contribution is -2.23. The highest BCUT2D eigenvalue weighted by Crippen LogP contribution is 2.25. The highest BCUT2D eigenvalue weighted by molar-refractivity contribution is 7.89. The van der Waals surface area contributed by atoms with Crippen molar-refractivity contribution >= 4 is 15.8 Å². The Morgan fingerprint density at radius 3 is 2.42 bits per heavy atom. The smallest absolute Gasteiger partial charge is 0.240 e. The number of carbonyl (C=O) groups excluding carboxylic acids is 1. The third kappa shape index (κ3) is 3.93. The molecule has 0 bridgehead atoms. The summed E-state index contributed by atoms with van der Waals surface area (Å²) in [4.78, 5) is 11.9. The molecule has 0 heterocycles. The second-order valence-corrected chi connectivity index (χ2v) is 7.17. The van der Waals surface area contributed by atoms with Gasteiger partial charge in [0.1, 0.15) is 0 Å². The second kappa shape index (κ2) is 7.02. The van der Waals surface area contributed by atoms with Gasteiger partial charge in [0.05, 0.1) is 4.90 Å². The van der Waals surface area contributed by atoms with Crippen LogP contribution < -0.4 is 4.72 Å². The number of aromatic hydroxyl groups is 2. The molecule has 0 aliphatic heterocycles. The molecule has 0 amide bonds. The van der Waals surface area contributed by atoms with Crippen LogP contribution >= 0.6 is 0 Å². The lowest BCUT2D eigenvalue weighted by molar-refractivity contribution is 0.0987. The van der Waals surface area contributed by atoms with Crippen LogP contribution in [0.3, 0.4) is 0 Å². The van der Waals surface area contributed by atoms with E-state index in [0.717, 1.165) is 5.56 Å². The molecular formula is C17H19NO5S. The summed E-state index contributed by atoms with van der Waals surface area (Å²) < 4.78 is 27.2. The van der Waals surface area contributed by atoms with Crippen molar-refractivity contribution in [3.63, 3.8) is 0 Å². The van der Waals surface area contributed by atoms with Gasteiger partial charge in [0.15, 0.2) is 17.3 Å². The normalized spacial score (nSPS) is 11.4. The van der Waals surface area contributed by atoms with Gasteiger partial charge in [0.2, 0.25) is 10.0 Å². The number of hydrogen-bond donors (Lipinski definition) is 3. The van der Waals surface area contributed by atoms with E-state index < -0.39 is 10.0 Å². The summed E-state index contributed by atoms with van der Waals surface area (Å²) in [6.07, 6.45) is 0.296. The second-order valence-electron chi connectivity index (χ2n) is 5.40. The van der Waals surface area contributed by atoms with Gasteiger partial charge in [0, 0.05) is 18.5 Å². The molecule has 7 heteroatoms. The summed E-state index contributed by atoms with van der Waals surface area (Å²) >= 11 is 0. The van der Waals surface area contributed by atoms with Crippen LogP contribution in [0.25, 0.3) is 0 Å². The number of phenolic OH excluding ortho intramolecular Hbond substituents is 2. The van der Waals surface area contributed by atoms with E-state index in [1.165, 1.54) is 30.3 Å². The average molecular weight is 349 g/mol. The van der Waals surface area contributed by atoms with E-state index >= 15 is 0 Å². The van der Waals surface area contributed by atoms with E-state index in [1.807, 2.05) is 0 Å². The molecule has 6 nitrogen and oxygen atoms in total. The van der Waals surface area contributed by atoms with Crippen molar-refractivity contribution in [2.75, 3.05) is 0 Å². The van der Waals surface area contributed by atoms with Crippen LogP contribution in [0.4, 0.5) is 0 Å². The number of hydrogen-bond acceptors (Lipinski definition) is 5. The predicted molar refractivity (Wildman–Crippen MR) is 89.6 cm³/mol. The number of nitrogens with one attached hydrogen (secondary N) is 1.